The van der Waals surface area contributed by atoms with Gasteiger partial charge in [0.25, 0.3) is 5.91 Å². The molecule has 1 aliphatic carbocycles. The van der Waals surface area contributed by atoms with E-state index < -0.39 is 0 Å². The number of amides is 1. The highest BCUT2D eigenvalue weighted by Crippen LogP contribution is 2.23. The Balaban J connectivity index is 1.40. The van der Waals surface area contributed by atoms with E-state index in [2.05, 4.69) is 15.2 Å². The molecule has 0 unspecified atom stereocenters. The van der Waals surface area contributed by atoms with Gasteiger partial charge in [-0.3, -0.25) is 4.79 Å². The number of aryl methyl sites for hydroxylation is 2. The molecule has 1 N–H and O–H groups in total. The van der Waals surface area contributed by atoms with E-state index in [0.29, 0.717) is 19.1 Å². The first-order chi connectivity index (χ1) is 14.1. The van der Waals surface area contributed by atoms with Gasteiger partial charge in [-0.05, 0) is 38.3 Å². The van der Waals surface area contributed by atoms with Crippen molar-refractivity contribution < 1.29 is 4.79 Å². The molecule has 2 aromatic rings. The molecule has 2 heterocycles. The van der Waals surface area contributed by atoms with Crippen LogP contribution in [0.4, 0.5) is 11.8 Å². The van der Waals surface area contributed by atoms with Gasteiger partial charge >= 0.3 is 0 Å². The van der Waals surface area contributed by atoms with Crippen LogP contribution < -0.4 is 10.2 Å². The van der Waals surface area contributed by atoms with Crippen LogP contribution in [0.3, 0.4) is 0 Å². The highest BCUT2D eigenvalue weighted by molar-refractivity contribution is 5.95. The van der Waals surface area contributed by atoms with Gasteiger partial charge in [-0.15, -0.1) is 0 Å². The van der Waals surface area contributed by atoms with Crippen molar-refractivity contribution in [2.75, 3.05) is 36.4 Å². The van der Waals surface area contributed by atoms with E-state index in [1.165, 1.54) is 32.1 Å². The van der Waals surface area contributed by atoms with E-state index in [4.69, 9.17) is 4.98 Å². The van der Waals surface area contributed by atoms with Crippen LogP contribution in [0.25, 0.3) is 0 Å². The molecule has 0 atom stereocenters. The number of nitrogens with one attached hydrogen (secondary N) is 1. The summed E-state index contributed by atoms with van der Waals surface area (Å²) in [4.78, 5) is 26.5. The van der Waals surface area contributed by atoms with Gasteiger partial charge in [0.1, 0.15) is 5.82 Å². The Bertz CT molecular complexity index is 854. The fraction of sp³-hybridized carbons (Fsp3) is 0.522. The number of anilines is 2. The lowest BCUT2D eigenvalue weighted by Crippen LogP contribution is -2.49. The van der Waals surface area contributed by atoms with Gasteiger partial charge in [0.2, 0.25) is 5.95 Å². The molecule has 1 aliphatic heterocycles. The predicted molar refractivity (Wildman–Crippen MR) is 117 cm³/mol. The fourth-order valence-corrected chi connectivity index (χ4v) is 4.33. The first-order valence-electron chi connectivity index (χ1n) is 10.8. The first kappa shape index (κ1) is 19.7. The summed E-state index contributed by atoms with van der Waals surface area (Å²) in [6, 6.07) is 10.4. The number of carbonyl (C=O) groups excluding carboxylic acids is 1. The van der Waals surface area contributed by atoms with E-state index in [0.717, 1.165) is 41.7 Å². The smallest absolute Gasteiger partial charge is 0.254 e. The molecular weight excluding hydrogens is 362 g/mol. The van der Waals surface area contributed by atoms with Crippen molar-refractivity contribution in [2.45, 2.75) is 52.0 Å². The normalized spacial score (nSPS) is 18.0. The molecule has 0 spiro atoms. The van der Waals surface area contributed by atoms with Crippen molar-refractivity contribution in [1.82, 2.24) is 14.9 Å². The summed E-state index contributed by atoms with van der Waals surface area (Å²) in [6.07, 6.45) is 6.31. The maximum atomic E-state index is 12.9. The lowest BCUT2D eigenvalue weighted by atomic mass is 9.96. The predicted octanol–water partition coefficient (Wildman–Crippen LogP) is 3.80. The van der Waals surface area contributed by atoms with Gasteiger partial charge in [0, 0.05) is 49.5 Å². The molecule has 29 heavy (non-hydrogen) atoms. The fourth-order valence-electron chi connectivity index (χ4n) is 4.33. The Morgan fingerprint density at radius 3 is 2.45 bits per heavy atom. The number of benzene rings is 1. The van der Waals surface area contributed by atoms with Crippen LogP contribution in [-0.4, -0.2) is 53.0 Å². The minimum atomic E-state index is 0.126. The molecule has 0 bridgehead atoms. The van der Waals surface area contributed by atoms with Crippen molar-refractivity contribution in [2.24, 2.45) is 0 Å². The van der Waals surface area contributed by atoms with Crippen LogP contribution in [-0.2, 0) is 0 Å². The number of hydrogen-bond donors (Lipinski definition) is 1. The maximum Gasteiger partial charge on any atom is 0.254 e. The summed E-state index contributed by atoms with van der Waals surface area (Å²) in [5, 5.41) is 3.54. The molecule has 2 aliphatic rings. The summed E-state index contributed by atoms with van der Waals surface area (Å²) >= 11 is 0. The number of hydrogen-bond acceptors (Lipinski definition) is 5. The number of nitrogens with zero attached hydrogens (tertiary/aromatic N) is 4. The molecule has 2 fully saturated rings. The molecular formula is C23H31N5O. The van der Waals surface area contributed by atoms with Crippen molar-refractivity contribution in [3.8, 4) is 0 Å². The van der Waals surface area contributed by atoms with Crippen LogP contribution in [0.15, 0.2) is 30.3 Å². The Hall–Kier alpha value is -2.63. The highest BCUT2D eigenvalue weighted by atomic mass is 16.2. The van der Waals surface area contributed by atoms with Crippen molar-refractivity contribution >= 4 is 17.7 Å². The minimum Gasteiger partial charge on any atom is -0.353 e. The number of rotatable bonds is 4. The Labute approximate surface area is 173 Å². The molecule has 4 rings (SSSR count). The second kappa shape index (κ2) is 8.80. The van der Waals surface area contributed by atoms with Crippen LogP contribution in [0.2, 0.25) is 0 Å². The first-order valence-corrected chi connectivity index (χ1v) is 10.8. The third-order valence-electron chi connectivity index (χ3n) is 6.05. The van der Waals surface area contributed by atoms with E-state index in [1.54, 1.807) is 0 Å². The van der Waals surface area contributed by atoms with Gasteiger partial charge < -0.3 is 15.1 Å². The summed E-state index contributed by atoms with van der Waals surface area (Å²) < 4.78 is 0. The molecule has 1 saturated heterocycles. The molecule has 1 aromatic carbocycles. The average molecular weight is 394 g/mol. The second-order valence-electron chi connectivity index (χ2n) is 8.26. The van der Waals surface area contributed by atoms with Gasteiger partial charge in [-0.25, -0.2) is 4.98 Å². The van der Waals surface area contributed by atoms with Crippen molar-refractivity contribution in [1.29, 1.82) is 0 Å². The van der Waals surface area contributed by atoms with Crippen LogP contribution in [0.5, 0.6) is 0 Å². The topological polar surface area (TPSA) is 61.4 Å². The quantitative estimate of drug-likeness (QED) is 0.856. The van der Waals surface area contributed by atoms with Gasteiger partial charge in [0.05, 0.1) is 0 Å². The molecule has 1 amide bonds. The summed E-state index contributed by atoms with van der Waals surface area (Å²) in [5.74, 6) is 1.82. The standard InChI is InChI=1S/C23H31N5O/c1-17-8-6-7-11-20(17)22(29)28-14-12-27(13-15-28)21-16-18(2)24-23(26-21)25-19-9-4-3-5-10-19/h6-8,11,16,19H,3-5,9-10,12-15H2,1-2H3,(H,24,25,26). The lowest BCUT2D eigenvalue weighted by molar-refractivity contribution is 0.0746. The van der Waals surface area contributed by atoms with E-state index >= 15 is 0 Å². The van der Waals surface area contributed by atoms with Gasteiger partial charge in [0.15, 0.2) is 0 Å². The van der Waals surface area contributed by atoms with Crippen LogP contribution >= 0.6 is 0 Å². The highest BCUT2D eigenvalue weighted by Gasteiger charge is 2.24. The summed E-state index contributed by atoms with van der Waals surface area (Å²) in [7, 11) is 0. The number of piperazine rings is 1. The Morgan fingerprint density at radius 2 is 1.72 bits per heavy atom. The zero-order chi connectivity index (χ0) is 20.2. The van der Waals surface area contributed by atoms with Crippen LogP contribution in [0, 0.1) is 13.8 Å². The van der Waals surface area contributed by atoms with E-state index in [9.17, 15) is 4.79 Å². The lowest BCUT2D eigenvalue weighted by Gasteiger charge is -2.36. The SMILES string of the molecule is Cc1cc(N2CCN(C(=O)c3ccccc3C)CC2)nc(NC2CCCCC2)n1. The van der Waals surface area contributed by atoms with E-state index in [1.807, 2.05) is 49.1 Å². The molecule has 0 radical (unpaired) electrons. The molecule has 6 heteroatoms. The van der Waals surface area contributed by atoms with Crippen LogP contribution in [0.1, 0.15) is 53.7 Å². The minimum absolute atomic E-state index is 0.126. The number of carbonyl (C=O) groups is 1. The molecule has 154 valence electrons. The second-order valence-corrected chi connectivity index (χ2v) is 8.26. The van der Waals surface area contributed by atoms with Crippen molar-refractivity contribution in [3.63, 3.8) is 0 Å². The zero-order valence-electron chi connectivity index (χ0n) is 17.5. The molecule has 1 aromatic heterocycles. The largest absolute Gasteiger partial charge is 0.353 e. The maximum absolute atomic E-state index is 12.9. The van der Waals surface area contributed by atoms with E-state index in [-0.39, 0.29) is 5.91 Å². The van der Waals surface area contributed by atoms with Gasteiger partial charge in [-0.2, -0.15) is 4.98 Å². The zero-order valence-corrected chi connectivity index (χ0v) is 17.5. The molecule has 6 nitrogen and oxygen atoms in total. The van der Waals surface area contributed by atoms with Crippen molar-refractivity contribution in [3.05, 3.63) is 47.2 Å². The molecule has 1 saturated carbocycles. The summed E-state index contributed by atoms with van der Waals surface area (Å²) in [5.41, 5.74) is 2.81. The average Bonchev–Trinajstić information content (AvgIpc) is 2.74. The Kier molecular flexibility index (Phi) is 5.97. The Morgan fingerprint density at radius 1 is 1.00 bits per heavy atom. The third-order valence-corrected chi connectivity index (χ3v) is 6.05. The van der Waals surface area contributed by atoms with Gasteiger partial charge in [-0.1, -0.05) is 37.5 Å². The third kappa shape index (κ3) is 4.69. The monoisotopic (exact) mass is 393 g/mol. The number of aromatic nitrogens is 2. The summed E-state index contributed by atoms with van der Waals surface area (Å²) in [6.45, 7) is 7.01.